The van der Waals surface area contributed by atoms with Gasteiger partial charge in [-0.25, -0.2) is 0 Å². The zero-order valence-corrected chi connectivity index (χ0v) is 22.0. The zero-order chi connectivity index (χ0) is 26.3. The van der Waals surface area contributed by atoms with E-state index in [4.69, 9.17) is 9.47 Å². The summed E-state index contributed by atoms with van der Waals surface area (Å²) in [6, 6.07) is 6.03. The van der Waals surface area contributed by atoms with Crippen LogP contribution in [-0.4, -0.2) is 77.4 Å². The summed E-state index contributed by atoms with van der Waals surface area (Å²) >= 11 is 0. The minimum atomic E-state index is -1.14. The van der Waals surface area contributed by atoms with Gasteiger partial charge in [-0.15, -0.1) is 0 Å². The van der Waals surface area contributed by atoms with Crippen LogP contribution in [0.1, 0.15) is 53.9 Å². The lowest BCUT2D eigenvalue weighted by atomic mass is 9.65. The van der Waals surface area contributed by atoms with Gasteiger partial charge in [0.05, 0.1) is 30.8 Å². The zero-order valence-electron chi connectivity index (χ0n) is 22.0. The summed E-state index contributed by atoms with van der Waals surface area (Å²) in [5, 5.41) is 12.9. The molecular weight excluding hydrogens is 462 g/mol. The molecule has 1 aromatic rings. The number of ether oxygens (including phenoxy) is 2. The highest BCUT2D eigenvalue weighted by Crippen LogP contribution is 2.64. The Balaban J connectivity index is 1.69. The Morgan fingerprint density at radius 3 is 2.42 bits per heavy atom. The van der Waals surface area contributed by atoms with Crippen molar-refractivity contribution in [2.75, 3.05) is 36.5 Å². The Kier molecular flexibility index (Phi) is 7.35. The number of fused-ring (bicyclic) bond motifs is 1. The molecule has 9 nitrogen and oxygen atoms in total. The third-order valence-electron chi connectivity index (χ3n) is 8.41. The lowest BCUT2D eigenvalue weighted by molar-refractivity contribution is -0.161. The molecule has 3 aliphatic rings. The molecule has 1 aromatic carbocycles. The molecule has 2 bridgehead atoms. The summed E-state index contributed by atoms with van der Waals surface area (Å²) < 4.78 is 12.0. The molecule has 9 heteroatoms. The topological polar surface area (TPSA) is 108 Å². The average molecular weight is 502 g/mol. The molecule has 0 radical (unpaired) electrons. The number of carbonyl (C=O) groups excluding carboxylic acids is 3. The number of hydrogen-bond donors (Lipinski definition) is 2. The van der Waals surface area contributed by atoms with E-state index in [9.17, 15) is 19.5 Å². The molecular formula is C27H39N3O6. The van der Waals surface area contributed by atoms with Crippen LogP contribution in [0.2, 0.25) is 0 Å². The first-order valence-corrected chi connectivity index (χ1v) is 13.2. The van der Waals surface area contributed by atoms with Crippen LogP contribution in [0.25, 0.3) is 0 Å². The van der Waals surface area contributed by atoms with Crippen molar-refractivity contribution in [3.8, 4) is 0 Å². The van der Waals surface area contributed by atoms with Gasteiger partial charge in [0.2, 0.25) is 11.8 Å². The number of anilines is 2. The minimum Gasteiger partial charge on any atom is -0.466 e. The summed E-state index contributed by atoms with van der Waals surface area (Å²) in [6.07, 6.45) is 1.60. The number of aliphatic hydroxyl groups excluding tert-OH is 1. The second-order valence-corrected chi connectivity index (χ2v) is 10.1. The third kappa shape index (κ3) is 3.87. The predicted molar refractivity (Wildman–Crippen MR) is 135 cm³/mol. The van der Waals surface area contributed by atoms with Crippen LogP contribution in [0.5, 0.6) is 0 Å². The number of aliphatic hydroxyl groups is 1. The van der Waals surface area contributed by atoms with E-state index in [0.717, 1.165) is 18.8 Å². The molecule has 198 valence electrons. The first-order valence-electron chi connectivity index (χ1n) is 13.2. The van der Waals surface area contributed by atoms with Crippen molar-refractivity contribution < 1.29 is 29.0 Å². The highest BCUT2D eigenvalue weighted by Gasteiger charge is 2.79. The lowest BCUT2D eigenvalue weighted by Crippen LogP contribution is -2.55. The molecule has 3 aliphatic heterocycles. The first kappa shape index (κ1) is 26.4. The molecule has 3 heterocycles. The summed E-state index contributed by atoms with van der Waals surface area (Å²) in [5.41, 5.74) is -0.299. The molecule has 1 spiro atoms. The lowest BCUT2D eigenvalue weighted by Gasteiger charge is -2.36. The van der Waals surface area contributed by atoms with E-state index in [0.29, 0.717) is 24.9 Å². The number of esters is 1. The normalized spacial score (nSPS) is 31.3. The van der Waals surface area contributed by atoms with Crippen LogP contribution in [0.15, 0.2) is 24.3 Å². The Bertz CT molecular complexity index is 996. The highest BCUT2D eigenvalue weighted by molar-refractivity contribution is 6.03. The van der Waals surface area contributed by atoms with Crippen molar-refractivity contribution in [3.63, 3.8) is 0 Å². The third-order valence-corrected chi connectivity index (χ3v) is 8.41. The van der Waals surface area contributed by atoms with Crippen LogP contribution < -0.4 is 10.2 Å². The van der Waals surface area contributed by atoms with Crippen molar-refractivity contribution >= 4 is 29.2 Å². The van der Waals surface area contributed by atoms with E-state index in [-0.39, 0.29) is 25.0 Å². The summed E-state index contributed by atoms with van der Waals surface area (Å²) in [4.78, 5) is 44.4. The Hall–Kier alpha value is -2.65. The smallest absolute Gasteiger partial charge is 0.312 e. The molecule has 36 heavy (non-hydrogen) atoms. The minimum absolute atomic E-state index is 0.202. The summed E-state index contributed by atoms with van der Waals surface area (Å²) in [5.74, 6) is -2.76. The number of nitrogens with one attached hydrogen (secondary N) is 1. The maximum absolute atomic E-state index is 13.8. The van der Waals surface area contributed by atoms with Crippen LogP contribution >= 0.6 is 0 Å². The maximum atomic E-state index is 13.8. The van der Waals surface area contributed by atoms with Crippen molar-refractivity contribution in [3.05, 3.63) is 24.3 Å². The van der Waals surface area contributed by atoms with Crippen LogP contribution in [-0.2, 0) is 23.9 Å². The molecule has 3 fully saturated rings. The van der Waals surface area contributed by atoms with Gasteiger partial charge in [0.1, 0.15) is 17.6 Å². The van der Waals surface area contributed by atoms with Crippen molar-refractivity contribution in [2.45, 2.75) is 77.2 Å². The molecule has 0 saturated carbocycles. The van der Waals surface area contributed by atoms with Gasteiger partial charge >= 0.3 is 5.97 Å². The summed E-state index contributed by atoms with van der Waals surface area (Å²) in [7, 11) is 0. The van der Waals surface area contributed by atoms with Crippen LogP contribution in [0.3, 0.4) is 0 Å². The number of carbonyl (C=O) groups is 3. The molecule has 0 aromatic heterocycles. The summed E-state index contributed by atoms with van der Waals surface area (Å²) in [6.45, 7) is 11.2. The van der Waals surface area contributed by atoms with Gasteiger partial charge in [-0.05, 0) is 71.2 Å². The Labute approximate surface area is 213 Å². The fourth-order valence-corrected chi connectivity index (χ4v) is 6.66. The quantitative estimate of drug-likeness (QED) is 0.475. The van der Waals surface area contributed by atoms with Gasteiger partial charge in [-0.3, -0.25) is 14.4 Å². The van der Waals surface area contributed by atoms with E-state index in [1.165, 1.54) is 4.90 Å². The number of hydrogen-bond acceptors (Lipinski definition) is 7. The SMILES string of the molecule is CCOC(=O)[C@@H]1[C@H]2C(=O)N([C@H](C)CO)C(C(=O)Nc3ccc(N(CC)CC)cc3)C23CC[C@@]1(CC)O3. The molecule has 2 N–H and O–H groups in total. The highest BCUT2D eigenvalue weighted by atomic mass is 16.6. The fourth-order valence-electron chi connectivity index (χ4n) is 6.66. The van der Waals surface area contributed by atoms with Crippen molar-refractivity contribution in [2.24, 2.45) is 11.8 Å². The number of rotatable bonds is 10. The van der Waals surface area contributed by atoms with Gasteiger partial charge in [0.25, 0.3) is 0 Å². The second kappa shape index (κ2) is 10.0. The van der Waals surface area contributed by atoms with Gasteiger partial charge in [-0.2, -0.15) is 0 Å². The number of benzene rings is 1. The second-order valence-electron chi connectivity index (χ2n) is 10.1. The first-order chi connectivity index (χ1) is 17.2. The van der Waals surface area contributed by atoms with E-state index >= 15 is 0 Å². The predicted octanol–water partition coefficient (Wildman–Crippen LogP) is 2.57. The van der Waals surface area contributed by atoms with E-state index in [2.05, 4.69) is 24.1 Å². The van der Waals surface area contributed by atoms with Gasteiger partial charge < -0.3 is 29.7 Å². The monoisotopic (exact) mass is 501 g/mol. The molecule has 2 amide bonds. The van der Waals surface area contributed by atoms with Crippen LogP contribution in [0.4, 0.5) is 11.4 Å². The standard InChI is InChI=1S/C27H39N3O6/c1-6-26-14-15-27(36-26)20(21(26)25(34)35-9-4)24(33)30(17(5)16-31)22(27)23(32)28-18-10-12-19(13-11-18)29(7-2)8-3/h10-13,17,20-22,31H,6-9,14-16H2,1-5H3,(H,28,32)/t17-,20+,21+,22?,26-,27?/m1/s1. The van der Waals surface area contributed by atoms with Gasteiger partial charge in [-0.1, -0.05) is 6.92 Å². The van der Waals surface area contributed by atoms with E-state index in [1.807, 2.05) is 31.2 Å². The van der Waals surface area contributed by atoms with E-state index < -0.39 is 41.1 Å². The number of nitrogens with zero attached hydrogens (tertiary/aromatic N) is 2. The Morgan fingerprint density at radius 1 is 1.19 bits per heavy atom. The van der Waals surface area contributed by atoms with Gasteiger partial charge in [0, 0.05) is 24.5 Å². The molecule has 6 atom stereocenters. The average Bonchev–Trinajstić information content (AvgIpc) is 3.49. The van der Waals surface area contributed by atoms with Crippen molar-refractivity contribution in [1.29, 1.82) is 0 Å². The largest absolute Gasteiger partial charge is 0.466 e. The molecule has 2 unspecified atom stereocenters. The molecule has 4 rings (SSSR count). The fraction of sp³-hybridized carbons (Fsp3) is 0.667. The van der Waals surface area contributed by atoms with Crippen LogP contribution in [0, 0.1) is 11.8 Å². The van der Waals surface area contributed by atoms with Gasteiger partial charge in [0.15, 0.2) is 0 Å². The maximum Gasteiger partial charge on any atom is 0.312 e. The van der Waals surface area contributed by atoms with E-state index in [1.54, 1.807) is 13.8 Å². The Morgan fingerprint density at radius 2 is 1.86 bits per heavy atom. The number of amides is 2. The van der Waals surface area contributed by atoms with Crippen molar-refractivity contribution in [1.82, 2.24) is 4.90 Å². The number of likely N-dealkylation sites (tertiary alicyclic amines) is 1. The molecule has 3 saturated heterocycles. The molecule has 0 aliphatic carbocycles.